The van der Waals surface area contributed by atoms with Gasteiger partial charge in [-0.15, -0.1) is 0 Å². The van der Waals surface area contributed by atoms with E-state index in [1.807, 2.05) is 0 Å². The second kappa shape index (κ2) is 7.32. The van der Waals surface area contributed by atoms with Crippen LogP contribution in [0.15, 0.2) is 24.3 Å². The number of carbonyl (C=O) groups is 2. The largest absolute Gasteiger partial charge is 0.353 e. The molecule has 0 aromatic heterocycles. The van der Waals surface area contributed by atoms with E-state index in [0.717, 1.165) is 25.7 Å². The molecular formula is C19H25FN2O2. The molecule has 24 heavy (non-hydrogen) atoms. The van der Waals surface area contributed by atoms with E-state index in [9.17, 15) is 14.0 Å². The summed E-state index contributed by atoms with van der Waals surface area (Å²) in [5.41, 5.74) is 0.428. The second-order valence-corrected chi connectivity index (χ2v) is 6.96. The van der Waals surface area contributed by atoms with Crippen molar-refractivity contribution in [3.8, 4) is 0 Å². The lowest BCUT2D eigenvalue weighted by molar-refractivity contribution is -0.142. The number of piperidine rings is 1. The molecule has 2 fully saturated rings. The summed E-state index contributed by atoms with van der Waals surface area (Å²) in [5, 5.41) is 3.14. The molecule has 2 aliphatic rings. The fourth-order valence-corrected chi connectivity index (χ4v) is 4.01. The maximum absolute atomic E-state index is 14.3. The predicted molar refractivity (Wildman–Crippen MR) is 89.7 cm³/mol. The fourth-order valence-electron chi connectivity index (χ4n) is 4.01. The van der Waals surface area contributed by atoms with Gasteiger partial charge in [-0.2, -0.15) is 0 Å². The smallest absolute Gasteiger partial charge is 0.225 e. The molecule has 1 saturated carbocycles. The number of benzene rings is 1. The number of halogens is 1. The molecule has 4 nitrogen and oxygen atoms in total. The van der Waals surface area contributed by atoms with Crippen molar-refractivity contribution in [2.24, 2.45) is 5.92 Å². The van der Waals surface area contributed by atoms with Gasteiger partial charge in [0.2, 0.25) is 11.8 Å². The summed E-state index contributed by atoms with van der Waals surface area (Å²) in [7, 11) is 1.67. The summed E-state index contributed by atoms with van der Waals surface area (Å²) in [4.78, 5) is 26.5. The molecular weight excluding hydrogens is 307 g/mol. The summed E-state index contributed by atoms with van der Waals surface area (Å²) < 4.78 is 14.3. The third kappa shape index (κ3) is 3.45. The Bertz CT molecular complexity index is 613. The van der Waals surface area contributed by atoms with Crippen LogP contribution in [0.25, 0.3) is 0 Å². The van der Waals surface area contributed by atoms with Crippen molar-refractivity contribution in [3.63, 3.8) is 0 Å². The summed E-state index contributed by atoms with van der Waals surface area (Å²) in [6.07, 6.45) is 6.35. The van der Waals surface area contributed by atoms with Crippen LogP contribution in [0.4, 0.5) is 4.39 Å². The number of amides is 2. The Morgan fingerprint density at radius 2 is 1.88 bits per heavy atom. The van der Waals surface area contributed by atoms with Gasteiger partial charge in [0.1, 0.15) is 5.82 Å². The zero-order chi connectivity index (χ0) is 17.1. The normalized spacial score (nSPS) is 25.6. The summed E-state index contributed by atoms with van der Waals surface area (Å²) in [5.74, 6) is -0.842. The lowest BCUT2D eigenvalue weighted by atomic mass is 9.83. The highest BCUT2D eigenvalue weighted by molar-refractivity contribution is 5.85. The van der Waals surface area contributed by atoms with Crippen LogP contribution in [-0.2, 0) is 9.59 Å². The number of carbonyl (C=O) groups excluding carboxylic acids is 2. The first kappa shape index (κ1) is 16.9. The molecule has 3 rings (SSSR count). The van der Waals surface area contributed by atoms with Crippen molar-refractivity contribution in [3.05, 3.63) is 35.6 Å². The predicted octanol–water partition coefficient (Wildman–Crippen LogP) is 3.18. The Hall–Kier alpha value is -1.91. The Morgan fingerprint density at radius 1 is 1.17 bits per heavy atom. The quantitative estimate of drug-likeness (QED) is 0.924. The van der Waals surface area contributed by atoms with E-state index >= 15 is 0 Å². The van der Waals surface area contributed by atoms with Crippen LogP contribution in [0.5, 0.6) is 0 Å². The fraction of sp³-hybridized carbons (Fsp3) is 0.579. The van der Waals surface area contributed by atoms with Gasteiger partial charge in [0.25, 0.3) is 0 Å². The van der Waals surface area contributed by atoms with Gasteiger partial charge in [-0.1, -0.05) is 37.5 Å². The van der Waals surface area contributed by atoms with E-state index in [-0.39, 0.29) is 23.7 Å². The van der Waals surface area contributed by atoms with Crippen LogP contribution < -0.4 is 5.32 Å². The van der Waals surface area contributed by atoms with E-state index in [4.69, 9.17) is 0 Å². The minimum absolute atomic E-state index is 0.0371. The van der Waals surface area contributed by atoms with Gasteiger partial charge in [-0.25, -0.2) is 4.39 Å². The highest BCUT2D eigenvalue weighted by Crippen LogP contribution is 2.37. The van der Waals surface area contributed by atoms with Crippen LogP contribution in [0.2, 0.25) is 0 Å². The average molecular weight is 332 g/mol. The minimum Gasteiger partial charge on any atom is -0.353 e. The first-order valence-corrected chi connectivity index (χ1v) is 8.88. The van der Waals surface area contributed by atoms with Gasteiger partial charge in [-0.3, -0.25) is 9.59 Å². The Kier molecular flexibility index (Phi) is 5.17. The monoisotopic (exact) mass is 332 g/mol. The number of hydrogen-bond donors (Lipinski definition) is 1. The lowest BCUT2D eigenvalue weighted by Gasteiger charge is -2.39. The first-order valence-electron chi connectivity index (χ1n) is 8.88. The van der Waals surface area contributed by atoms with Gasteiger partial charge >= 0.3 is 0 Å². The molecule has 1 heterocycles. The highest BCUT2D eigenvalue weighted by atomic mass is 19.1. The molecule has 1 aromatic carbocycles. The van der Waals surface area contributed by atoms with E-state index in [1.165, 1.54) is 17.4 Å². The topological polar surface area (TPSA) is 49.4 Å². The highest BCUT2D eigenvalue weighted by Gasteiger charge is 2.40. The van der Waals surface area contributed by atoms with Gasteiger partial charge in [0, 0.05) is 25.1 Å². The SMILES string of the molecule is CN1C(=O)CC[C@H](C(=O)NC2CCCCC2)[C@H]1c1ccccc1F. The first-order chi connectivity index (χ1) is 11.6. The molecule has 1 aromatic rings. The lowest BCUT2D eigenvalue weighted by Crippen LogP contribution is -2.49. The molecule has 0 radical (unpaired) electrons. The van der Waals surface area contributed by atoms with E-state index in [1.54, 1.807) is 25.2 Å². The van der Waals surface area contributed by atoms with Crippen molar-refractivity contribution in [2.45, 2.75) is 57.0 Å². The average Bonchev–Trinajstić information content (AvgIpc) is 2.59. The zero-order valence-electron chi connectivity index (χ0n) is 14.1. The number of nitrogens with zero attached hydrogens (tertiary/aromatic N) is 1. The maximum Gasteiger partial charge on any atom is 0.225 e. The van der Waals surface area contributed by atoms with Crippen molar-refractivity contribution in [2.75, 3.05) is 7.05 Å². The molecule has 1 aliphatic heterocycles. The number of rotatable bonds is 3. The summed E-state index contributed by atoms with van der Waals surface area (Å²) in [6.45, 7) is 0. The summed E-state index contributed by atoms with van der Waals surface area (Å²) >= 11 is 0. The van der Waals surface area contributed by atoms with Crippen molar-refractivity contribution < 1.29 is 14.0 Å². The molecule has 1 aliphatic carbocycles. The van der Waals surface area contributed by atoms with Crippen molar-refractivity contribution >= 4 is 11.8 Å². The minimum atomic E-state index is -0.531. The van der Waals surface area contributed by atoms with Crippen LogP contribution in [-0.4, -0.2) is 29.8 Å². The molecule has 0 spiro atoms. The number of nitrogens with one attached hydrogen (secondary N) is 1. The van der Waals surface area contributed by atoms with Crippen LogP contribution in [0, 0.1) is 11.7 Å². The van der Waals surface area contributed by atoms with Gasteiger partial charge < -0.3 is 10.2 Å². The number of hydrogen-bond acceptors (Lipinski definition) is 2. The Labute approximate surface area is 142 Å². The van der Waals surface area contributed by atoms with E-state index in [0.29, 0.717) is 18.4 Å². The summed E-state index contributed by atoms with van der Waals surface area (Å²) in [6, 6.07) is 6.13. The number of likely N-dealkylation sites (tertiary alicyclic amines) is 1. The molecule has 1 N–H and O–H groups in total. The van der Waals surface area contributed by atoms with Gasteiger partial charge in [0.15, 0.2) is 0 Å². The molecule has 1 saturated heterocycles. The van der Waals surface area contributed by atoms with Crippen LogP contribution in [0.3, 0.4) is 0 Å². The van der Waals surface area contributed by atoms with E-state index < -0.39 is 12.0 Å². The van der Waals surface area contributed by atoms with Crippen LogP contribution >= 0.6 is 0 Å². The second-order valence-electron chi connectivity index (χ2n) is 6.96. The molecule has 0 unspecified atom stereocenters. The molecule has 5 heteroatoms. The molecule has 0 bridgehead atoms. The van der Waals surface area contributed by atoms with Crippen LogP contribution in [0.1, 0.15) is 56.6 Å². The third-order valence-corrected chi connectivity index (χ3v) is 5.37. The Balaban J connectivity index is 1.82. The molecule has 2 atom stereocenters. The van der Waals surface area contributed by atoms with Crippen molar-refractivity contribution in [1.82, 2.24) is 10.2 Å². The van der Waals surface area contributed by atoms with Gasteiger partial charge in [0.05, 0.1) is 12.0 Å². The maximum atomic E-state index is 14.3. The standard InChI is InChI=1S/C19H25FN2O2/c1-22-17(23)12-11-15(18(22)14-9-5-6-10-16(14)20)19(24)21-13-7-3-2-4-8-13/h5-6,9-10,13,15,18H,2-4,7-8,11-12H2,1H3,(H,21,24)/t15-,18+/m0/s1. The van der Waals surface area contributed by atoms with E-state index in [2.05, 4.69) is 5.32 Å². The van der Waals surface area contributed by atoms with Gasteiger partial charge in [-0.05, 0) is 25.3 Å². The van der Waals surface area contributed by atoms with Crippen molar-refractivity contribution in [1.29, 1.82) is 0 Å². The zero-order valence-corrected chi connectivity index (χ0v) is 14.1. The Morgan fingerprint density at radius 3 is 2.58 bits per heavy atom. The molecule has 130 valence electrons. The molecule has 2 amide bonds. The third-order valence-electron chi connectivity index (χ3n) is 5.37.